The van der Waals surface area contributed by atoms with E-state index in [0.717, 1.165) is 11.8 Å². The Labute approximate surface area is 104 Å². The molecule has 0 saturated heterocycles. The van der Waals surface area contributed by atoms with E-state index in [2.05, 4.69) is 9.97 Å². The third-order valence-electron chi connectivity index (χ3n) is 2.12. The van der Waals surface area contributed by atoms with Crippen molar-refractivity contribution in [3.8, 4) is 0 Å². The molecule has 1 rings (SSSR count). The van der Waals surface area contributed by atoms with Crippen molar-refractivity contribution < 1.29 is 9.90 Å². The predicted molar refractivity (Wildman–Crippen MR) is 66.5 cm³/mol. The maximum absolute atomic E-state index is 11.5. The van der Waals surface area contributed by atoms with Crippen LogP contribution in [-0.4, -0.2) is 26.3 Å². The molecule has 1 unspecified atom stereocenters. The fourth-order valence-electron chi connectivity index (χ4n) is 1.09. The van der Waals surface area contributed by atoms with Crippen LogP contribution in [-0.2, 0) is 10.2 Å². The smallest absolute Gasteiger partial charge is 0.316 e. The number of aliphatic carboxylic acids is 1. The molecule has 0 spiro atoms. The zero-order valence-corrected chi connectivity index (χ0v) is 11.1. The summed E-state index contributed by atoms with van der Waals surface area (Å²) in [5, 5.41) is 8.50. The van der Waals surface area contributed by atoms with Gasteiger partial charge in [0.05, 0.1) is 5.69 Å². The lowest BCUT2D eigenvalue weighted by molar-refractivity contribution is -0.136. The highest BCUT2D eigenvalue weighted by Crippen LogP contribution is 2.23. The molecular formula is C11H16N2O3S. The van der Waals surface area contributed by atoms with Gasteiger partial charge in [-0.15, -0.1) is 0 Å². The van der Waals surface area contributed by atoms with Crippen LogP contribution in [0.4, 0.5) is 0 Å². The number of hydrogen-bond acceptors (Lipinski definition) is 4. The van der Waals surface area contributed by atoms with E-state index in [9.17, 15) is 9.59 Å². The third kappa shape index (κ3) is 3.89. The normalized spacial score (nSPS) is 13.4. The van der Waals surface area contributed by atoms with Crippen molar-refractivity contribution in [1.29, 1.82) is 0 Å². The molecular weight excluding hydrogens is 240 g/mol. The van der Waals surface area contributed by atoms with Crippen molar-refractivity contribution in [2.75, 3.05) is 0 Å². The lowest BCUT2D eigenvalue weighted by Crippen LogP contribution is -2.21. The molecule has 0 aliphatic rings. The maximum Gasteiger partial charge on any atom is 0.316 e. The van der Waals surface area contributed by atoms with E-state index < -0.39 is 11.2 Å². The van der Waals surface area contributed by atoms with Gasteiger partial charge < -0.3 is 10.1 Å². The molecule has 0 aliphatic carbocycles. The second-order valence-corrected chi connectivity index (χ2v) is 6.11. The first-order valence-corrected chi connectivity index (χ1v) is 6.09. The number of nitrogens with zero attached hydrogens (tertiary/aromatic N) is 1. The Morgan fingerprint density at radius 2 is 2.12 bits per heavy atom. The van der Waals surface area contributed by atoms with Crippen LogP contribution < -0.4 is 5.56 Å². The molecule has 0 aliphatic heterocycles. The highest BCUT2D eigenvalue weighted by atomic mass is 32.2. The fourth-order valence-corrected chi connectivity index (χ4v) is 1.84. The average Bonchev–Trinajstić information content (AvgIpc) is 2.15. The quantitative estimate of drug-likeness (QED) is 0.634. The summed E-state index contributed by atoms with van der Waals surface area (Å²) < 4.78 is 0. The minimum Gasteiger partial charge on any atom is -0.480 e. The van der Waals surface area contributed by atoms with E-state index in [0.29, 0.717) is 10.9 Å². The van der Waals surface area contributed by atoms with Crippen molar-refractivity contribution >= 4 is 17.7 Å². The molecule has 0 saturated carbocycles. The molecule has 0 bridgehead atoms. The molecule has 1 atom stereocenters. The van der Waals surface area contributed by atoms with Gasteiger partial charge in [-0.25, -0.2) is 4.98 Å². The zero-order valence-electron chi connectivity index (χ0n) is 10.3. The first kappa shape index (κ1) is 13.8. The minimum atomic E-state index is -0.932. The highest BCUT2D eigenvalue weighted by molar-refractivity contribution is 8.00. The molecule has 94 valence electrons. The molecule has 6 heteroatoms. The molecule has 1 heterocycles. The van der Waals surface area contributed by atoms with Gasteiger partial charge in [-0.05, 0) is 6.92 Å². The lowest BCUT2D eigenvalue weighted by Gasteiger charge is -2.17. The van der Waals surface area contributed by atoms with Gasteiger partial charge in [0, 0.05) is 11.5 Å². The van der Waals surface area contributed by atoms with Gasteiger partial charge in [-0.3, -0.25) is 9.59 Å². The third-order valence-corrected chi connectivity index (χ3v) is 3.10. The SMILES string of the molecule is CC(Sc1nc(C(C)(C)C)cc(=O)[nH]1)C(=O)O. The number of carbonyl (C=O) groups is 1. The number of carboxylic acids is 1. The zero-order chi connectivity index (χ0) is 13.2. The summed E-state index contributed by atoms with van der Waals surface area (Å²) in [7, 11) is 0. The van der Waals surface area contributed by atoms with Gasteiger partial charge in [0.2, 0.25) is 0 Å². The van der Waals surface area contributed by atoms with E-state index in [1.165, 1.54) is 6.07 Å². The van der Waals surface area contributed by atoms with Gasteiger partial charge in [0.1, 0.15) is 5.25 Å². The van der Waals surface area contributed by atoms with Crippen LogP contribution in [0.2, 0.25) is 0 Å². The first-order chi connectivity index (χ1) is 7.70. The Morgan fingerprint density at radius 3 is 2.59 bits per heavy atom. The Hall–Kier alpha value is -1.30. The van der Waals surface area contributed by atoms with Crippen LogP contribution in [0.15, 0.2) is 16.0 Å². The predicted octanol–water partition coefficient (Wildman–Crippen LogP) is 1.63. The standard InChI is InChI=1S/C11H16N2O3S/c1-6(9(15)16)17-10-12-7(11(2,3)4)5-8(14)13-10/h5-6H,1-4H3,(H,15,16)(H,12,13,14). The molecule has 1 aromatic heterocycles. The van der Waals surface area contributed by atoms with Gasteiger partial charge in [-0.1, -0.05) is 32.5 Å². The first-order valence-electron chi connectivity index (χ1n) is 5.21. The summed E-state index contributed by atoms with van der Waals surface area (Å²) in [4.78, 5) is 29.0. The molecule has 0 fully saturated rings. The molecule has 5 nitrogen and oxygen atoms in total. The summed E-state index contributed by atoms with van der Waals surface area (Å²) in [6, 6.07) is 1.44. The maximum atomic E-state index is 11.5. The topological polar surface area (TPSA) is 83.0 Å². The minimum absolute atomic E-state index is 0.240. The summed E-state index contributed by atoms with van der Waals surface area (Å²) in [6.07, 6.45) is 0. The van der Waals surface area contributed by atoms with E-state index in [1.54, 1.807) is 6.92 Å². The van der Waals surface area contributed by atoms with Gasteiger partial charge in [-0.2, -0.15) is 0 Å². The number of H-pyrrole nitrogens is 1. The van der Waals surface area contributed by atoms with Crippen LogP contribution >= 0.6 is 11.8 Å². The number of thioether (sulfide) groups is 1. The number of rotatable bonds is 3. The number of aromatic nitrogens is 2. The Kier molecular flexibility index (Phi) is 3.98. The van der Waals surface area contributed by atoms with Gasteiger partial charge >= 0.3 is 5.97 Å². The largest absolute Gasteiger partial charge is 0.480 e. The average molecular weight is 256 g/mol. The second-order valence-electron chi connectivity index (χ2n) is 4.78. The number of carboxylic acid groups (broad SMARTS) is 1. The van der Waals surface area contributed by atoms with Crippen molar-refractivity contribution in [1.82, 2.24) is 9.97 Å². The van der Waals surface area contributed by atoms with Crippen molar-refractivity contribution in [2.45, 2.75) is 43.5 Å². The van der Waals surface area contributed by atoms with Crippen LogP contribution in [0.1, 0.15) is 33.4 Å². The summed E-state index contributed by atoms with van der Waals surface area (Å²) in [6.45, 7) is 7.40. The second kappa shape index (κ2) is 4.91. The van der Waals surface area contributed by atoms with Crippen LogP contribution in [0, 0.1) is 0 Å². The Balaban J connectivity index is 3.06. The van der Waals surface area contributed by atoms with Crippen molar-refractivity contribution in [3.63, 3.8) is 0 Å². The highest BCUT2D eigenvalue weighted by Gasteiger charge is 2.19. The number of aromatic amines is 1. The molecule has 0 radical (unpaired) electrons. The summed E-state index contributed by atoms with van der Waals surface area (Å²) in [5.41, 5.74) is 0.155. The molecule has 1 aromatic rings. The Bertz CT molecular complexity index is 476. The molecule has 0 aromatic carbocycles. The van der Waals surface area contributed by atoms with Crippen molar-refractivity contribution in [3.05, 3.63) is 22.1 Å². The molecule has 0 amide bonds. The molecule has 17 heavy (non-hydrogen) atoms. The van der Waals surface area contributed by atoms with Crippen LogP contribution in [0.25, 0.3) is 0 Å². The van der Waals surface area contributed by atoms with Crippen molar-refractivity contribution in [2.24, 2.45) is 0 Å². The monoisotopic (exact) mass is 256 g/mol. The Morgan fingerprint density at radius 1 is 1.53 bits per heavy atom. The van der Waals surface area contributed by atoms with Gasteiger partial charge in [0.15, 0.2) is 5.16 Å². The van der Waals surface area contributed by atoms with E-state index in [-0.39, 0.29) is 11.0 Å². The number of hydrogen-bond donors (Lipinski definition) is 2. The number of nitrogens with one attached hydrogen (secondary N) is 1. The molecule has 2 N–H and O–H groups in total. The summed E-state index contributed by atoms with van der Waals surface area (Å²) in [5.74, 6) is -0.932. The van der Waals surface area contributed by atoms with Gasteiger partial charge in [0.25, 0.3) is 5.56 Å². The van der Waals surface area contributed by atoms with E-state index in [4.69, 9.17) is 5.11 Å². The van der Waals surface area contributed by atoms with E-state index >= 15 is 0 Å². The fraction of sp³-hybridized carbons (Fsp3) is 0.545. The van der Waals surface area contributed by atoms with E-state index in [1.807, 2.05) is 20.8 Å². The van der Waals surface area contributed by atoms with Crippen LogP contribution in [0.5, 0.6) is 0 Å². The summed E-state index contributed by atoms with van der Waals surface area (Å²) >= 11 is 1.03. The van der Waals surface area contributed by atoms with Crippen LogP contribution in [0.3, 0.4) is 0 Å². The lowest BCUT2D eigenvalue weighted by atomic mass is 9.92.